The number of nitrogens with one attached hydrogen (secondary N) is 2. The first kappa shape index (κ1) is 18.8. The maximum atomic E-state index is 6.09. The fourth-order valence-electron chi connectivity index (χ4n) is 2.65. The summed E-state index contributed by atoms with van der Waals surface area (Å²) in [6.45, 7) is 2.50. The summed E-state index contributed by atoms with van der Waals surface area (Å²) in [5, 5.41) is 7.08. The van der Waals surface area contributed by atoms with Gasteiger partial charge in [-0.3, -0.25) is 0 Å². The number of aromatic nitrogens is 2. The Balaban J connectivity index is 1.79. The number of aryl methyl sites for hydroxylation is 1. The van der Waals surface area contributed by atoms with Gasteiger partial charge in [-0.05, 0) is 31.2 Å². The highest BCUT2D eigenvalue weighted by Gasteiger charge is 2.09. The number of anilines is 3. The number of rotatable bonds is 7. The Labute approximate surface area is 163 Å². The summed E-state index contributed by atoms with van der Waals surface area (Å²) in [7, 11) is 3.26. The van der Waals surface area contributed by atoms with Gasteiger partial charge in [0.15, 0.2) is 0 Å². The monoisotopic (exact) mass is 384 g/mol. The number of para-hydroxylation sites is 1. The van der Waals surface area contributed by atoms with Crippen molar-refractivity contribution in [3.05, 3.63) is 64.8 Å². The van der Waals surface area contributed by atoms with Crippen LogP contribution in [0.15, 0.2) is 48.5 Å². The van der Waals surface area contributed by atoms with Crippen LogP contribution in [0.2, 0.25) is 5.02 Å². The minimum absolute atomic E-state index is 0.457. The summed E-state index contributed by atoms with van der Waals surface area (Å²) in [4.78, 5) is 8.97. The lowest BCUT2D eigenvalue weighted by Crippen LogP contribution is -2.07. The van der Waals surface area contributed by atoms with Gasteiger partial charge in [0.05, 0.1) is 19.9 Å². The molecular formula is C20H21ClN4O2. The van der Waals surface area contributed by atoms with Gasteiger partial charge < -0.3 is 20.1 Å². The highest BCUT2D eigenvalue weighted by molar-refractivity contribution is 6.31. The first-order valence-electron chi connectivity index (χ1n) is 8.41. The van der Waals surface area contributed by atoms with Gasteiger partial charge in [-0.15, -0.1) is 0 Å². The van der Waals surface area contributed by atoms with Crippen molar-refractivity contribution in [1.82, 2.24) is 9.97 Å². The van der Waals surface area contributed by atoms with Gasteiger partial charge in [-0.1, -0.05) is 29.8 Å². The lowest BCUT2D eigenvalue weighted by molar-refractivity contribution is 0.410. The topological polar surface area (TPSA) is 68.3 Å². The standard InChI is InChI=1S/C20H21ClN4O2/c1-13-10-19(22-12-14-6-4-5-7-17(14)26-2)25-20(23-13)24-16-11-15(21)8-9-18(16)27-3/h4-11H,12H2,1-3H3,(H2,22,23,24,25). The predicted octanol–water partition coefficient (Wildman–Crippen LogP) is 4.81. The maximum Gasteiger partial charge on any atom is 0.229 e. The summed E-state index contributed by atoms with van der Waals surface area (Å²) in [5.41, 5.74) is 2.57. The number of halogens is 1. The number of hydrogen-bond acceptors (Lipinski definition) is 6. The minimum atomic E-state index is 0.457. The van der Waals surface area contributed by atoms with Crippen molar-refractivity contribution in [3.63, 3.8) is 0 Å². The Hall–Kier alpha value is -2.99. The van der Waals surface area contributed by atoms with E-state index in [1.807, 2.05) is 37.3 Å². The third kappa shape index (κ3) is 4.80. The number of benzene rings is 2. The normalized spacial score (nSPS) is 10.4. The quantitative estimate of drug-likeness (QED) is 0.609. The molecule has 1 aromatic heterocycles. The van der Waals surface area contributed by atoms with Crippen LogP contribution in [0.4, 0.5) is 17.5 Å². The lowest BCUT2D eigenvalue weighted by Gasteiger charge is -2.13. The molecule has 0 bridgehead atoms. The SMILES string of the molecule is COc1ccccc1CNc1cc(C)nc(Nc2cc(Cl)ccc2OC)n1. The summed E-state index contributed by atoms with van der Waals surface area (Å²) >= 11 is 6.09. The Morgan fingerprint density at radius 3 is 2.52 bits per heavy atom. The molecule has 0 saturated heterocycles. The van der Waals surface area contributed by atoms with Crippen molar-refractivity contribution < 1.29 is 9.47 Å². The molecular weight excluding hydrogens is 364 g/mol. The molecule has 3 rings (SSSR count). The van der Waals surface area contributed by atoms with Gasteiger partial charge in [0.2, 0.25) is 5.95 Å². The molecule has 2 N–H and O–H groups in total. The second kappa shape index (κ2) is 8.60. The molecule has 140 valence electrons. The van der Waals surface area contributed by atoms with Gasteiger partial charge in [-0.25, -0.2) is 4.98 Å². The molecule has 6 nitrogen and oxygen atoms in total. The van der Waals surface area contributed by atoms with E-state index in [2.05, 4.69) is 20.6 Å². The van der Waals surface area contributed by atoms with Crippen LogP contribution in [0.3, 0.4) is 0 Å². The predicted molar refractivity (Wildman–Crippen MR) is 108 cm³/mol. The highest BCUT2D eigenvalue weighted by Crippen LogP contribution is 2.30. The van der Waals surface area contributed by atoms with Gasteiger partial charge in [0.1, 0.15) is 17.3 Å². The van der Waals surface area contributed by atoms with Crippen molar-refractivity contribution in [3.8, 4) is 11.5 Å². The van der Waals surface area contributed by atoms with Gasteiger partial charge in [-0.2, -0.15) is 4.98 Å². The van der Waals surface area contributed by atoms with Gasteiger partial charge >= 0.3 is 0 Å². The van der Waals surface area contributed by atoms with Crippen LogP contribution in [0.5, 0.6) is 11.5 Å². The number of ether oxygens (including phenoxy) is 2. The zero-order chi connectivity index (χ0) is 19.2. The molecule has 0 saturated carbocycles. The van der Waals surface area contributed by atoms with E-state index >= 15 is 0 Å². The van der Waals surface area contributed by atoms with E-state index < -0.39 is 0 Å². The molecule has 0 radical (unpaired) electrons. The smallest absolute Gasteiger partial charge is 0.229 e. The molecule has 7 heteroatoms. The Morgan fingerprint density at radius 1 is 0.963 bits per heavy atom. The van der Waals surface area contributed by atoms with Crippen molar-refractivity contribution in [1.29, 1.82) is 0 Å². The fourth-order valence-corrected chi connectivity index (χ4v) is 2.82. The third-order valence-electron chi connectivity index (χ3n) is 3.91. The van der Waals surface area contributed by atoms with E-state index in [9.17, 15) is 0 Å². The molecule has 0 aliphatic carbocycles. The largest absolute Gasteiger partial charge is 0.496 e. The van der Waals surface area contributed by atoms with Crippen LogP contribution in [-0.2, 0) is 6.54 Å². The highest BCUT2D eigenvalue weighted by atomic mass is 35.5. The maximum absolute atomic E-state index is 6.09. The summed E-state index contributed by atoms with van der Waals surface area (Å²) in [6, 6.07) is 15.1. The third-order valence-corrected chi connectivity index (χ3v) is 4.15. The van der Waals surface area contributed by atoms with E-state index in [0.29, 0.717) is 34.8 Å². The van der Waals surface area contributed by atoms with Crippen LogP contribution >= 0.6 is 11.6 Å². The van der Waals surface area contributed by atoms with Crippen LogP contribution in [-0.4, -0.2) is 24.2 Å². The molecule has 0 amide bonds. The number of nitrogens with zero attached hydrogens (tertiary/aromatic N) is 2. The first-order valence-corrected chi connectivity index (χ1v) is 8.79. The second-order valence-electron chi connectivity index (χ2n) is 5.85. The summed E-state index contributed by atoms with van der Waals surface area (Å²) in [5.74, 6) is 2.65. The van der Waals surface area contributed by atoms with E-state index in [0.717, 1.165) is 17.0 Å². The van der Waals surface area contributed by atoms with Crippen LogP contribution in [0.25, 0.3) is 0 Å². The van der Waals surface area contributed by atoms with Gasteiger partial charge in [0.25, 0.3) is 0 Å². The van der Waals surface area contributed by atoms with E-state index in [1.165, 1.54) is 0 Å². The molecule has 0 aliphatic heterocycles. The van der Waals surface area contributed by atoms with E-state index in [4.69, 9.17) is 21.1 Å². The van der Waals surface area contributed by atoms with Crippen LogP contribution in [0.1, 0.15) is 11.3 Å². The Morgan fingerprint density at radius 2 is 1.74 bits per heavy atom. The second-order valence-corrected chi connectivity index (χ2v) is 6.29. The molecule has 27 heavy (non-hydrogen) atoms. The molecule has 0 atom stereocenters. The summed E-state index contributed by atoms with van der Waals surface area (Å²) < 4.78 is 10.7. The summed E-state index contributed by atoms with van der Waals surface area (Å²) in [6.07, 6.45) is 0. The number of hydrogen-bond donors (Lipinski definition) is 2. The fraction of sp³-hybridized carbons (Fsp3) is 0.200. The minimum Gasteiger partial charge on any atom is -0.496 e. The molecule has 0 spiro atoms. The van der Waals surface area contributed by atoms with Crippen molar-refractivity contribution in [2.75, 3.05) is 24.9 Å². The Bertz CT molecular complexity index is 934. The van der Waals surface area contributed by atoms with Crippen molar-refractivity contribution in [2.45, 2.75) is 13.5 Å². The molecule has 2 aromatic carbocycles. The zero-order valence-electron chi connectivity index (χ0n) is 15.4. The molecule has 0 aliphatic rings. The van der Waals surface area contributed by atoms with Crippen LogP contribution in [0, 0.1) is 6.92 Å². The average Bonchev–Trinajstić information content (AvgIpc) is 2.66. The van der Waals surface area contributed by atoms with Crippen molar-refractivity contribution in [2.24, 2.45) is 0 Å². The average molecular weight is 385 g/mol. The number of methoxy groups -OCH3 is 2. The van der Waals surface area contributed by atoms with Crippen molar-refractivity contribution >= 4 is 29.1 Å². The first-order chi connectivity index (χ1) is 13.1. The lowest BCUT2D eigenvalue weighted by atomic mass is 10.2. The zero-order valence-corrected chi connectivity index (χ0v) is 16.2. The molecule has 0 unspecified atom stereocenters. The molecule has 1 heterocycles. The van der Waals surface area contributed by atoms with Gasteiger partial charge in [0, 0.05) is 28.9 Å². The molecule has 0 fully saturated rings. The van der Waals surface area contributed by atoms with E-state index in [1.54, 1.807) is 32.4 Å². The Kier molecular flexibility index (Phi) is 5.98. The molecule has 3 aromatic rings. The van der Waals surface area contributed by atoms with Crippen LogP contribution < -0.4 is 20.1 Å². The van der Waals surface area contributed by atoms with E-state index in [-0.39, 0.29) is 0 Å².